The van der Waals surface area contributed by atoms with Gasteiger partial charge in [0.15, 0.2) is 0 Å². The smallest absolute Gasteiger partial charge is 0.226 e. The van der Waals surface area contributed by atoms with Crippen LogP contribution in [0.5, 0.6) is 0 Å². The molecule has 0 bridgehead atoms. The maximum atomic E-state index is 12.6. The highest BCUT2D eigenvalue weighted by Crippen LogP contribution is 2.37. The Bertz CT molecular complexity index is 447. The van der Waals surface area contributed by atoms with Crippen LogP contribution in [-0.4, -0.2) is 51.7 Å². The molecule has 2 amide bonds. The third-order valence-corrected chi connectivity index (χ3v) is 6.32. The molecule has 0 aliphatic rings. The largest absolute Gasteiger partial charge is 0.336 e. The Morgan fingerprint density at radius 3 is 2.00 bits per heavy atom. The zero-order valence-corrected chi connectivity index (χ0v) is 18.2. The lowest BCUT2D eigenvalue weighted by atomic mass is 9.72. The zero-order chi connectivity index (χ0) is 19.7. The Kier molecular flexibility index (Phi) is 10.5. The van der Waals surface area contributed by atoms with Gasteiger partial charge in [0.1, 0.15) is 0 Å². The van der Waals surface area contributed by atoms with Crippen molar-refractivity contribution in [2.24, 2.45) is 5.41 Å². The molecule has 4 nitrogen and oxygen atoms in total. The molecule has 0 fully saturated rings. The summed E-state index contributed by atoms with van der Waals surface area (Å²) >= 11 is 1.89. The minimum absolute atomic E-state index is 0.0609. The van der Waals surface area contributed by atoms with Gasteiger partial charge in [-0.15, -0.1) is 0 Å². The van der Waals surface area contributed by atoms with Gasteiger partial charge in [0.05, 0.1) is 0 Å². The number of nitrogens with zero attached hydrogens (tertiary/aromatic N) is 2. The van der Waals surface area contributed by atoms with Gasteiger partial charge in [-0.05, 0) is 32.2 Å². The van der Waals surface area contributed by atoms with E-state index in [1.807, 2.05) is 30.5 Å². The van der Waals surface area contributed by atoms with Crippen molar-refractivity contribution in [3.63, 3.8) is 0 Å². The van der Waals surface area contributed by atoms with E-state index in [0.717, 1.165) is 24.5 Å². The minimum atomic E-state index is -0.373. The monoisotopic (exact) mass is 370 g/mol. The topological polar surface area (TPSA) is 40.6 Å². The molecule has 0 spiro atoms. The Morgan fingerprint density at radius 2 is 1.56 bits per heavy atom. The van der Waals surface area contributed by atoms with E-state index < -0.39 is 0 Å². The quantitative estimate of drug-likeness (QED) is 0.473. The molecule has 0 radical (unpaired) electrons. The fourth-order valence-electron chi connectivity index (χ4n) is 2.75. The van der Waals surface area contributed by atoms with Crippen molar-refractivity contribution in [1.29, 1.82) is 0 Å². The van der Waals surface area contributed by atoms with Crippen LogP contribution in [0.2, 0.25) is 0 Å². The lowest BCUT2D eigenvalue weighted by Gasteiger charge is -2.50. The van der Waals surface area contributed by atoms with Gasteiger partial charge in [0.2, 0.25) is 11.8 Å². The molecule has 0 rings (SSSR count). The average molecular weight is 371 g/mol. The molecule has 0 aliphatic heterocycles. The van der Waals surface area contributed by atoms with E-state index in [9.17, 15) is 9.59 Å². The predicted molar refractivity (Wildman–Crippen MR) is 110 cm³/mol. The van der Waals surface area contributed by atoms with Gasteiger partial charge in [0, 0.05) is 42.6 Å². The van der Waals surface area contributed by atoms with E-state index in [2.05, 4.69) is 41.2 Å². The highest BCUT2D eigenvalue weighted by molar-refractivity contribution is 7.99. The molecular formula is C20H38N2O2S. The summed E-state index contributed by atoms with van der Waals surface area (Å²) in [6.07, 6.45) is 3.70. The first-order valence-corrected chi connectivity index (χ1v) is 10.5. The summed E-state index contributed by atoms with van der Waals surface area (Å²) in [4.78, 5) is 28.4. The lowest BCUT2D eigenvalue weighted by molar-refractivity contribution is -0.142. The van der Waals surface area contributed by atoms with Crippen LogP contribution in [0.25, 0.3) is 0 Å². The Morgan fingerprint density at radius 1 is 1.00 bits per heavy atom. The number of hydrogen-bond donors (Lipinski definition) is 0. The predicted octanol–water partition coefficient (Wildman–Crippen LogP) is 4.56. The van der Waals surface area contributed by atoms with Crippen molar-refractivity contribution in [1.82, 2.24) is 9.80 Å². The van der Waals surface area contributed by atoms with Crippen molar-refractivity contribution < 1.29 is 9.59 Å². The normalized spacial score (nSPS) is 12.0. The number of hydrogen-bond acceptors (Lipinski definition) is 3. The zero-order valence-electron chi connectivity index (χ0n) is 17.4. The van der Waals surface area contributed by atoms with Crippen molar-refractivity contribution >= 4 is 23.6 Å². The van der Waals surface area contributed by atoms with Crippen LogP contribution < -0.4 is 0 Å². The van der Waals surface area contributed by atoms with Gasteiger partial charge in [0.25, 0.3) is 0 Å². The molecule has 5 heteroatoms. The van der Waals surface area contributed by atoms with Crippen LogP contribution in [0.15, 0.2) is 12.8 Å². The summed E-state index contributed by atoms with van der Waals surface area (Å²) in [6, 6.07) is 0. The van der Waals surface area contributed by atoms with Crippen molar-refractivity contribution in [2.45, 2.75) is 73.3 Å². The summed E-state index contributed by atoms with van der Waals surface area (Å²) < 4.78 is 0. The first-order chi connectivity index (χ1) is 11.6. The highest BCUT2D eigenvalue weighted by atomic mass is 32.2. The molecule has 0 saturated heterocycles. The second kappa shape index (κ2) is 10.9. The molecular weight excluding hydrogens is 332 g/mol. The maximum absolute atomic E-state index is 12.6. The van der Waals surface area contributed by atoms with Gasteiger partial charge in [-0.1, -0.05) is 41.2 Å². The van der Waals surface area contributed by atoms with Gasteiger partial charge < -0.3 is 9.80 Å². The summed E-state index contributed by atoms with van der Waals surface area (Å²) in [5.41, 5.74) is -0.644. The fourth-order valence-corrected chi connectivity index (χ4v) is 3.56. The molecule has 0 saturated carbocycles. The van der Waals surface area contributed by atoms with Crippen LogP contribution in [-0.2, 0) is 9.59 Å². The molecule has 146 valence electrons. The van der Waals surface area contributed by atoms with Gasteiger partial charge in [-0.2, -0.15) is 11.8 Å². The Hall–Kier alpha value is -0.970. The lowest BCUT2D eigenvalue weighted by Crippen LogP contribution is -2.59. The van der Waals surface area contributed by atoms with E-state index in [1.54, 1.807) is 11.1 Å². The molecule has 0 aromatic heterocycles. The van der Waals surface area contributed by atoms with Crippen LogP contribution in [0, 0.1) is 5.41 Å². The summed E-state index contributed by atoms with van der Waals surface area (Å²) in [5.74, 6) is 2.29. The van der Waals surface area contributed by atoms with E-state index in [1.165, 1.54) is 0 Å². The summed E-state index contributed by atoms with van der Waals surface area (Å²) in [6.45, 7) is 19.5. The molecule has 0 aromatic rings. The van der Waals surface area contributed by atoms with Crippen LogP contribution in [0.3, 0.4) is 0 Å². The van der Waals surface area contributed by atoms with Crippen LogP contribution >= 0.6 is 11.8 Å². The molecule has 0 aromatic carbocycles. The molecule has 0 N–H and O–H groups in total. The van der Waals surface area contributed by atoms with Crippen LogP contribution in [0.4, 0.5) is 0 Å². The number of rotatable bonds is 12. The van der Waals surface area contributed by atoms with Crippen molar-refractivity contribution in [2.75, 3.05) is 24.6 Å². The number of thioether (sulfide) groups is 1. The van der Waals surface area contributed by atoms with Crippen LogP contribution in [0.1, 0.15) is 67.7 Å². The standard InChI is InChI=1S/C20H38N2O2S/c1-9-14-25-15-13-22(18(24)11-3)20(7,8)19(5,6)16-21(12-4)17(23)10-2/h12H,4,9-11,13-16H2,1-3,5-8H3. The number of carbonyl (C=O) groups is 2. The summed E-state index contributed by atoms with van der Waals surface area (Å²) in [5, 5.41) is 0. The Labute approximate surface area is 159 Å². The van der Waals surface area contributed by atoms with E-state index in [0.29, 0.717) is 19.4 Å². The average Bonchev–Trinajstić information content (AvgIpc) is 2.57. The van der Waals surface area contributed by atoms with Crippen molar-refractivity contribution in [3.8, 4) is 0 Å². The first-order valence-electron chi connectivity index (χ1n) is 9.39. The third-order valence-electron chi connectivity index (χ3n) is 5.15. The molecule has 0 heterocycles. The maximum Gasteiger partial charge on any atom is 0.226 e. The summed E-state index contributed by atoms with van der Waals surface area (Å²) in [7, 11) is 0. The fraction of sp³-hybridized carbons (Fsp3) is 0.800. The van der Waals surface area contributed by atoms with Gasteiger partial charge in [-0.25, -0.2) is 0 Å². The van der Waals surface area contributed by atoms with Gasteiger partial charge >= 0.3 is 0 Å². The first kappa shape index (κ1) is 24.0. The second-order valence-corrected chi connectivity index (χ2v) is 8.74. The second-order valence-electron chi connectivity index (χ2n) is 7.51. The molecule has 0 aliphatic carbocycles. The van der Waals surface area contributed by atoms with E-state index in [4.69, 9.17) is 0 Å². The minimum Gasteiger partial charge on any atom is -0.336 e. The molecule has 25 heavy (non-hydrogen) atoms. The molecule has 0 unspecified atom stereocenters. The number of amides is 2. The van der Waals surface area contributed by atoms with E-state index >= 15 is 0 Å². The van der Waals surface area contributed by atoms with E-state index in [-0.39, 0.29) is 22.8 Å². The Balaban J connectivity index is 5.38. The third kappa shape index (κ3) is 6.69. The highest BCUT2D eigenvalue weighted by Gasteiger charge is 2.44. The van der Waals surface area contributed by atoms with Gasteiger partial charge in [-0.3, -0.25) is 9.59 Å². The molecule has 0 atom stereocenters. The SMILES string of the molecule is C=CN(CC(C)(C)C(C)(C)N(CCSCCC)C(=O)CC)C(=O)CC. The number of carbonyl (C=O) groups excluding carboxylic acids is 2. The van der Waals surface area contributed by atoms with Crippen molar-refractivity contribution in [3.05, 3.63) is 12.8 Å².